The summed E-state index contributed by atoms with van der Waals surface area (Å²) in [5.41, 5.74) is 2.44. The number of benzene rings is 1. The van der Waals surface area contributed by atoms with Gasteiger partial charge in [0.1, 0.15) is 5.60 Å². The molecule has 1 aliphatic rings. The Morgan fingerprint density at radius 3 is 2.57 bits per heavy atom. The van der Waals surface area contributed by atoms with Crippen LogP contribution in [0.15, 0.2) is 42.0 Å². The molecule has 1 atom stereocenters. The normalized spacial score (nSPS) is 27.1. The quantitative estimate of drug-likeness (QED) is 0.615. The molecular formula is C13H16O. The summed E-state index contributed by atoms with van der Waals surface area (Å²) in [5, 5.41) is 0. The third-order valence-electron chi connectivity index (χ3n) is 2.77. The Morgan fingerprint density at radius 1 is 1.21 bits per heavy atom. The molecule has 0 N–H and O–H groups in total. The maximum atomic E-state index is 5.85. The summed E-state index contributed by atoms with van der Waals surface area (Å²) in [7, 11) is 0. The van der Waals surface area contributed by atoms with E-state index in [1.807, 2.05) is 6.07 Å². The molecule has 74 valence electrons. The predicted molar refractivity (Wildman–Crippen MR) is 58.1 cm³/mol. The molecule has 0 spiro atoms. The van der Waals surface area contributed by atoms with Crippen LogP contribution in [0.1, 0.15) is 25.8 Å². The summed E-state index contributed by atoms with van der Waals surface area (Å²) in [6.07, 6.45) is 3.29. The van der Waals surface area contributed by atoms with E-state index in [0.717, 1.165) is 13.0 Å². The third kappa shape index (κ3) is 1.73. The first-order chi connectivity index (χ1) is 6.71. The maximum absolute atomic E-state index is 5.85. The van der Waals surface area contributed by atoms with Crippen LogP contribution in [-0.4, -0.2) is 6.61 Å². The van der Waals surface area contributed by atoms with Crippen LogP contribution in [0.3, 0.4) is 0 Å². The van der Waals surface area contributed by atoms with E-state index in [9.17, 15) is 0 Å². The van der Waals surface area contributed by atoms with Gasteiger partial charge in [-0.25, -0.2) is 0 Å². The highest BCUT2D eigenvalue weighted by Crippen LogP contribution is 2.32. The molecule has 14 heavy (non-hydrogen) atoms. The van der Waals surface area contributed by atoms with Crippen molar-refractivity contribution in [1.29, 1.82) is 0 Å². The SMILES string of the molecule is CC1=CC(C)(c2ccccc2)OCC1. The molecule has 0 saturated heterocycles. The lowest BCUT2D eigenvalue weighted by atomic mass is 9.91. The van der Waals surface area contributed by atoms with E-state index in [1.165, 1.54) is 11.1 Å². The smallest absolute Gasteiger partial charge is 0.109 e. The number of ether oxygens (including phenoxy) is 1. The van der Waals surface area contributed by atoms with Crippen LogP contribution >= 0.6 is 0 Å². The van der Waals surface area contributed by atoms with Gasteiger partial charge in [0.2, 0.25) is 0 Å². The van der Waals surface area contributed by atoms with Gasteiger partial charge in [-0.3, -0.25) is 0 Å². The molecule has 0 fully saturated rings. The molecular weight excluding hydrogens is 172 g/mol. The van der Waals surface area contributed by atoms with E-state index >= 15 is 0 Å². The van der Waals surface area contributed by atoms with Gasteiger partial charge in [-0.15, -0.1) is 0 Å². The highest BCUT2D eigenvalue weighted by Gasteiger charge is 2.27. The Hall–Kier alpha value is -1.08. The fourth-order valence-electron chi connectivity index (χ4n) is 1.94. The minimum atomic E-state index is -0.219. The first-order valence-corrected chi connectivity index (χ1v) is 5.08. The van der Waals surface area contributed by atoms with Crippen LogP contribution in [0.4, 0.5) is 0 Å². The van der Waals surface area contributed by atoms with Gasteiger partial charge >= 0.3 is 0 Å². The van der Waals surface area contributed by atoms with E-state index in [1.54, 1.807) is 0 Å². The molecule has 1 aromatic rings. The maximum Gasteiger partial charge on any atom is 0.109 e. The Labute approximate surface area is 85.4 Å². The molecule has 0 saturated carbocycles. The number of hydrogen-bond donors (Lipinski definition) is 0. The standard InChI is InChI=1S/C13H16O/c1-11-8-9-14-13(2,10-11)12-6-4-3-5-7-12/h3-7,10H,8-9H2,1-2H3. The topological polar surface area (TPSA) is 9.23 Å². The van der Waals surface area contributed by atoms with Crippen molar-refractivity contribution in [2.24, 2.45) is 0 Å². The molecule has 1 aliphatic heterocycles. The Morgan fingerprint density at radius 2 is 1.93 bits per heavy atom. The summed E-state index contributed by atoms with van der Waals surface area (Å²) in [6.45, 7) is 5.13. The Kier molecular flexibility index (Phi) is 2.42. The second-order valence-corrected chi connectivity index (χ2v) is 4.06. The number of hydrogen-bond acceptors (Lipinski definition) is 1. The average molecular weight is 188 g/mol. The van der Waals surface area contributed by atoms with E-state index in [0.29, 0.717) is 0 Å². The average Bonchev–Trinajstić information content (AvgIpc) is 2.19. The van der Waals surface area contributed by atoms with E-state index < -0.39 is 0 Å². The van der Waals surface area contributed by atoms with Gasteiger partial charge in [0.15, 0.2) is 0 Å². The molecule has 0 bridgehead atoms. The van der Waals surface area contributed by atoms with Gasteiger partial charge in [0.05, 0.1) is 6.61 Å². The third-order valence-corrected chi connectivity index (χ3v) is 2.77. The minimum Gasteiger partial charge on any atom is -0.366 e. The van der Waals surface area contributed by atoms with Crippen molar-refractivity contribution in [1.82, 2.24) is 0 Å². The summed E-state index contributed by atoms with van der Waals surface area (Å²) >= 11 is 0. The first kappa shape index (κ1) is 9.47. The van der Waals surface area contributed by atoms with Crippen LogP contribution < -0.4 is 0 Å². The van der Waals surface area contributed by atoms with Crippen LogP contribution in [0.25, 0.3) is 0 Å². The molecule has 1 heteroatoms. The van der Waals surface area contributed by atoms with Crippen molar-refractivity contribution in [3.63, 3.8) is 0 Å². The van der Waals surface area contributed by atoms with Crippen molar-refractivity contribution in [3.05, 3.63) is 47.5 Å². The molecule has 0 aromatic heterocycles. The van der Waals surface area contributed by atoms with Gasteiger partial charge in [0, 0.05) is 0 Å². The first-order valence-electron chi connectivity index (χ1n) is 5.08. The van der Waals surface area contributed by atoms with Crippen LogP contribution in [0.5, 0.6) is 0 Å². The van der Waals surface area contributed by atoms with E-state index in [2.05, 4.69) is 44.2 Å². The monoisotopic (exact) mass is 188 g/mol. The highest BCUT2D eigenvalue weighted by molar-refractivity contribution is 5.29. The summed E-state index contributed by atoms with van der Waals surface area (Å²) in [5.74, 6) is 0. The molecule has 0 radical (unpaired) electrons. The fraction of sp³-hybridized carbons (Fsp3) is 0.385. The van der Waals surface area contributed by atoms with Crippen molar-refractivity contribution in [2.75, 3.05) is 6.61 Å². The van der Waals surface area contributed by atoms with Crippen LogP contribution in [-0.2, 0) is 10.3 Å². The van der Waals surface area contributed by atoms with Crippen LogP contribution in [0.2, 0.25) is 0 Å². The molecule has 1 unspecified atom stereocenters. The van der Waals surface area contributed by atoms with Gasteiger partial charge in [-0.05, 0) is 31.9 Å². The fourth-order valence-corrected chi connectivity index (χ4v) is 1.94. The van der Waals surface area contributed by atoms with Crippen molar-refractivity contribution >= 4 is 0 Å². The van der Waals surface area contributed by atoms with Gasteiger partial charge < -0.3 is 4.74 Å². The largest absolute Gasteiger partial charge is 0.366 e. The minimum absolute atomic E-state index is 0.219. The molecule has 1 aromatic carbocycles. The summed E-state index contributed by atoms with van der Waals surface area (Å²) in [6, 6.07) is 10.4. The van der Waals surface area contributed by atoms with Crippen LogP contribution in [0, 0.1) is 0 Å². The highest BCUT2D eigenvalue weighted by atomic mass is 16.5. The number of rotatable bonds is 1. The van der Waals surface area contributed by atoms with E-state index in [-0.39, 0.29) is 5.60 Å². The molecule has 1 heterocycles. The molecule has 0 amide bonds. The van der Waals surface area contributed by atoms with Crippen molar-refractivity contribution < 1.29 is 4.74 Å². The Bertz CT molecular complexity index is 340. The van der Waals surface area contributed by atoms with Gasteiger partial charge in [-0.1, -0.05) is 35.9 Å². The van der Waals surface area contributed by atoms with Crippen molar-refractivity contribution in [3.8, 4) is 0 Å². The molecule has 0 aliphatic carbocycles. The lowest BCUT2D eigenvalue weighted by Gasteiger charge is -2.31. The summed E-state index contributed by atoms with van der Waals surface area (Å²) in [4.78, 5) is 0. The Balaban J connectivity index is 2.37. The zero-order chi connectivity index (χ0) is 10.0. The zero-order valence-corrected chi connectivity index (χ0v) is 8.79. The lowest BCUT2D eigenvalue weighted by molar-refractivity contribution is -0.00636. The van der Waals surface area contributed by atoms with Gasteiger partial charge in [0.25, 0.3) is 0 Å². The van der Waals surface area contributed by atoms with Gasteiger partial charge in [-0.2, -0.15) is 0 Å². The molecule has 2 rings (SSSR count). The van der Waals surface area contributed by atoms with Crippen molar-refractivity contribution in [2.45, 2.75) is 25.9 Å². The second-order valence-electron chi connectivity index (χ2n) is 4.06. The summed E-state index contributed by atoms with van der Waals surface area (Å²) < 4.78 is 5.85. The van der Waals surface area contributed by atoms with E-state index in [4.69, 9.17) is 4.74 Å². The lowest BCUT2D eigenvalue weighted by Crippen LogP contribution is -2.27. The second kappa shape index (κ2) is 3.58. The zero-order valence-electron chi connectivity index (χ0n) is 8.79. The predicted octanol–water partition coefficient (Wildman–Crippen LogP) is 3.27. The molecule has 1 nitrogen and oxygen atoms in total.